The van der Waals surface area contributed by atoms with Gasteiger partial charge in [-0.2, -0.15) is 0 Å². The van der Waals surface area contributed by atoms with Crippen LogP contribution in [0.5, 0.6) is 5.75 Å². The molecule has 2 heterocycles. The molecule has 1 atom stereocenters. The van der Waals surface area contributed by atoms with Crippen LogP contribution in [0.15, 0.2) is 81.7 Å². The van der Waals surface area contributed by atoms with Crippen molar-refractivity contribution in [1.29, 1.82) is 0 Å². The Hall–Kier alpha value is -3.72. The molecular weight excluding hydrogens is 560 g/mol. The largest absolute Gasteiger partial charge is 0.493 e. The van der Waals surface area contributed by atoms with E-state index in [-0.39, 0.29) is 18.8 Å². The van der Waals surface area contributed by atoms with Gasteiger partial charge in [-0.3, -0.25) is 9.36 Å². The fraction of sp³-hybridized carbons (Fsp3) is 0.281. The molecule has 0 N–H and O–H groups in total. The number of hydrogen-bond acceptors (Lipinski definition) is 7. The summed E-state index contributed by atoms with van der Waals surface area (Å²) >= 11 is 7.46. The smallest absolute Gasteiger partial charge is 0.338 e. The van der Waals surface area contributed by atoms with Crippen molar-refractivity contribution in [2.75, 3.05) is 26.9 Å². The van der Waals surface area contributed by atoms with Gasteiger partial charge < -0.3 is 14.2 Å². The molecule has 0 spiro atoms. The third-order valence-electron chi connectivity index (χ3n) is 6.91. The van der Waals surface area contributed by atoms with Crippen LogP contribution in [0.25, 0.3) is 16.8 Å². The van der Waals surface area contributed by atoms with E-state index in [1.54, 1.807) is 23.6 Å². The number of aromatic nitrogens is 1. The van der Waals surface area contributed by atoms with Crippen LogP contribution in [0.2, 0.25) is 5.02 Å². The van der Waals surface area contributed by atoms with Gasteiger partial charge in [0.2, 0.25) is 0 Å². The van der Waals surface area contributed by atoms with Gasteiger partial charge in [-0.15, -0.1) is 0 Å². The second-order valence-corrected chi connectivity index (χ2v) is 11.1. The second kappa shape index (κ2) is 12.9. The molecule has 0 bridgehead atoms. The zero-order valence-corrected chi connectivity index (χ0v) is 24.8. The van der Waals surface area contributed by atoms with Crippen molar-refractivity contribution in [2.45, 2.75) is 32.7 Å². The minimum Gasteiger partial charge on any atom is -0.493 e. The number of carbonyl (C=O) groups excluding carboxylic acids is 1. The SMILES string of the molecule is CCCCOc1ccc2ccccc2c1C=c1sc2n(c1=O)C(c1ccc(Cl)cc1)C(C(=O)OCCOC)=C(C)N=2. The maximum absolute atomic E-state index is 14.1. The number of unbranched alkanes of at least 4 members (excludes halogenated alkanes) is 1. The number of allylic oxidation sites excluding steroid dienone is 1. The summed E-state index contributed by atoms with van der Waals surface area (Å²) in [5, 5.41) is 2.59. The van der Waals surface area contributed by atoms with E-state index in [2.05, 4.69) is 6.92 Å². The van der Waals surface area contributed by atoms with E-state index in [0.717, 1.165) is 40.5 Å². The summed E-state index contributed by atoms with van der Waals surface area (Å²) in [6, 6.07) is 18.4. The van der Waals surface area contributed by atoms with Crippen molar-refractivity contribution in [2.24, 2.45) is 4.99 Å². The zero-order chi connectivity index (χ0) is 28.9. The van der Waals surface area contributed by atoms with Gasteiger partial charge in [0.1, 0.15) is 12.4 Å². The Kier molecular flexibility index (Phi) is 9.03. The number of thiazole rings is 1. The molecule has 3 aromatic carbocycles. The van der Waals surface area contributed by atoms with Crippen LogP contribution in [-0.4, -0.2) is 37.5 Å². The number of halogens is 1. The molecular formula is C32H31ClN2O5S. The van der Waals surface area contributed by atoms with Gasteiger partial charge in [-0.05, 0) is 54.0 Å². The number of benzene rings is 3. The van der Waals surface area contributed by atoms with E-state index in [4.69, 9.17) is 30.8 Å². The first-order valence-corrected chi connectivity index (χ1v) is 14.7. The van der Waals surface area contributed by atoms with Gasteiger partial charge in [-0.1, -0.05) is 78.7 Å². The summed E-state index contributed by atoms with van der Waals surface area (Å²) in [5.41, 5.74) is 2.10. The Balaban J connectivity index is 1.69. The average Bonchev–Trinajstić information content (AvgIpc) is 3.28. The van der Waals surface area contributed by atoms with Crippen LogP contribution in [-0.2, 0) is 14.3 Å². The van der Waals surface area contributed by atoms with E-state index in [1.165, 1.54) is 18.4 Å². The van der Waals surface area contributed by atoms with Crippen molar-refractivity contribution < 1.29 is 19.0 Å². The van der Waals surface area contributed by atoms with Crippen molar-refractivity contribution in [3.8, 4) is 5.75 Å². The molecule has 0 radical (unpaired) electrons. The number of fused-ring (bicyclic) bond motifs is 2. The fourth-order valence-electron chi connectivity index (χ4n) is 4.85. The Labute approximate surface area is 247 Å². The Morgan fingerprint density at radius 2 is 1.85 bits per heavy atom. The zero-order valence-electron chi connectivity index (χ0n) is 23.2. The first-order valence-electron chi connectivity index (χ1n) is 13.5. The van der Waals surface area contributed by atoms with Crippen molar-refractivity contribution in [3.63, 3.8) is 0 Å². The van der Waals surface area contributed by atoms with Crippen molar-refractivity contribution >= 4 is 45.8 Å². The summed E-state index contributed by atoms with van der Waals surface area (Å²) in [6.07, 6.45) is 3.82. The van der Waals surface area contributed by atoms with Gasteiger partial charge in [0.15, 0.2) is 4.80 Å². The molecule has 4 aromatic rings. The normalized spacial score (nSPS) is 15.1. The minimum atomic E-state index is -0.728. The highest BCUT2D eigenvalue weighted by Crippen LogP contribution is 2.32. The molecule has 0 fully saturated rings. The maximum Gasteiger partial charge on any atom is 0.338 e. The van der Waals surface area contributed by atoms with Crippen LogP contribution in [0.4, 0.5) is 0 Å². The highest BCUT2D eigenvalue weighted by molar-refractivity contribution is 7.07. The number of ether oxygens (including phenoxy) is 3. The highest BCUT2D eigenvalue weighted by Gasteiger charge is 2.33. The summed E-state index contributed by atoms with van der Waals surface area (Å²) in [6.45, 7) is 4.81. The van der Waals surface area contributed by atoms with Crippen LogP contribution >= 0.6 is 22.9 Å². The lowest BCUT2D eigenvalue weighted by Gasteiger charge is -2.24. The number of rotatable bonds is 10. The second-order valence-electron chi connectivity index (χ2n) is 9.66. The summed E-state index contributed by atoms with van der Waals surface area (Å²) < 4.78 is 18.8. The topological polar surface area (TPSA) is 79.1 Å². The van der Waals surface area contributed by atoms with E-state index >= 15 is 0 Å². The van der Waals surface area contributed by atoms with Crippen LogP contribution in [0.3, 0.4) is 0 Å². The quantitative estimate of drug-likeness (QED) is 0.182. The Bertz CT molecular complexity index is 1790. The predicted molar refractivity (Wildman–Crippen MR) is 162 cm³/mol. The van der Waals surface area contributed by atoms with E-state index in [0.29, 0.717) is 32.2 Å². The molecule has 1 unspecified atom stereocenters. The van der Waals surface area contributed by atoms with Gasteiger partial charge in [0.25, 0.3) is 5.56 Å². The first-order chi connectivity index (χ1) is 19.9. The van der Waals surface area contributed by atoms with Crippen LogP contribution in [0, 0.1) is 0 Å². The third kappa shape index (κ3) is 6.00. The molecule has 1 aromatic heterocycles. The summed E-state index contributed by atoms with van der Waals surface area (Å²) in [5.74, 6) is 0.175. The number of carbonyl (C=O) groups is 1. The molecule has 212 valence electrons. The molecule has 0 aliphatic carbocycles. The lowest BCUT2D eigenvalue weighted by Crippen LogP contribution is -2.40. The summed E-state index contributed by atoms with van der Waals surface area (Å²) in [7, 11) is 1.54. The van der Waals surface area contributed by atoms with E-state index in [9.17, 15) is 9.59 Å². The molecule has 5 rings (SSSR count). The van der Waals surface area contributed by atoms with Crippen molar-refractivity contribution in [1.82, 2.24) is 4.57 Å². The maximum atomic E-state index is 14.1. The van der Waals surface area contributed by atoms with Crippen molar-refractivity contribution in [3.05, 3.63) is 108 Å². The fourth-order valence-corrected chi connectivity index (χ4v) is 6.00. The number of esters is 1. The first kappa shape index (κ1) is 28.8. The minimum absolute atomic E-state index is 0.0890. The molecule has 0 saturated heterocycles. The molecule has 0 saturated carbocycles. The van der Waals surface area contributed by atoms with Gasteiger partial charge >= 0.3 is 5.97 Å². The van der Waals surface area contributed by atoms with Gasteiger partial charge in [0.05, 0.1) is 35.1 Å². The van der Waals surface area contributed by atoms with E-state index in [1.807, 2.05) is 54.6 Å². The van der Waals surface area contributed by atoms with Gasteiger partial charge in [-0.25, -0.2) is 9.79 Å². The Morgan fingerprint density at radius 3 is 2.61 bits per heavy atom. The molecule has 1 aliphatic heterocycles. The summed E-state index contributed by atoms with van der Waals surface area (Å²) in [4.78, 5) is 32.6. The number of hydrogen-bond donors (Lipinski definition) is 0. The highest BCUT2D eigenvalue weighted by atomic mass is 35.5. The molecule has 1 aliphatic rings. The standard InChI is InChI=1S/C32H31ClN2O5S/c1-4-5-16-39-26-15-12-21-8-6-7-9-24(21)25(26)19-27-30(36)35-29(22-10-13-23(33)14-11-22)28(20(2)34-32(35)41-27)31(37)40-18-17-38-3/h6-15,19,29H,4-5,16-18H2,1-3H3. The molecule has 41 heavy (non-hydrogen) atoms. The Morgan fingerprint density at radius 1 is 1.07 bits per heavy atom. The third-order valence-corrected chi connectivity index (χ3v) is 8.14. The van der Waals surface area contributed by atoms with E-state index < -0.39 is 12.0 Å². The molecule has 0 amide bonds. The lowest BCUT2D eigenvalue weighted by atomic mass is 9.96. The monoisotopic (exact) mass is 590 g/mol. The molecule has 9 heteroatoms. The van der Waals surface area contributed by atoms with Gasteiger partial charge in [0, 0.05) is 17.7 Å². The van der Waals surface area contributed by atoms with Crippen LogP contribution < -0.4 is 19.6 Å². The lowest BCUT2D eigenvalue weighted by molar-refractivity contribution is -0.140. The number of nitrogens with zero attached hydrogens (tertiary/aromatic N) is 2. The van der Waals surface area contributed by atoms with Crippen LogP contribution in [0.1, 0.15) is 43.9 Å². The number of methoxy groups -OCH3 is 1. The average molecular weight is 591 g/mol. The predicted octanol–water partition coefficient (Wildman–Crippen LogP) is 5.41. The molecule has 7 nitrogen and oxygen atoms in total.